The topological polar surface area (TPSA) is 147 Å². The molecule has 0 aromatic heterocycles. The number of hydrogen-bond acceptors (Lipinski definition) is 8. The number of carbonyl (C=O) groups is 4. The third-order valence-corrected chi connectivity index (χ3v) is 10.7. The molecular formula is C39H68N6O6. The van der Waals surface area contributed by atoms with Gasteiger partial charge in [0.1, 0.15) is 6.04 Å². The molecule has 0 saturated carbocycles. The van der Waals surface area contributed by atoms with E-state index in [0.29, 0.717) is 31.6 Å². The third kappa shape index (κ3) is 11.6. The maximum absolute atomic E-state index is 14.2. The van der Waals surface area contributed by atoms with Gasteiger partial charge in [-0.05, 0) is 62.7 Å². The monoisotopic (exact) mass is 717 g/mol. The number of methoxy groups -OCH3 is 2. The zero-order valence-corrected chi connectivity index (χ0v) is 33.4. The predicted octanol–water partition coefficient (Wildman–Crippen LogP) is 3.57. The van der Waals surface area contributed by atoms with Crippen LogP contribution in [0.1, 0.15) is 79.7 Å². The maximum atomic E-state index is 14.2. The second-order valence-electron chi connectivity index (χ2n) is 15.2. The zero-order chi connectivity index (χ0) is 38.6. The number of likely N-dealkylation sites (tertiary alicyclic amines) is 1. The van der Waals surface area contributed by atoms with Crippen molar-refractivity contribution in [1.82, 2.24) is 25.3 Å². The highest BCUT2D eigenvalue weighted by molar-refractivity contribution is 5.90. The molecule has 1 fully saturated rings. The van der Waals surface area contributed by atoms with E-state index in [0.717, 1.165) is 18.4 Å². The smallest absolute Gasteiger partial charge is 0.245 e. The Morgan fingerprint density at radius 1 is 0.961 bits per heavy atom. The van der Waals surface area contributed by atoms with E-state index in [9.17, 15) is 19.2 Å². The largest absolute Gasteiger partial charge is 0.399 e. The maximum Gasteiger partial charge on any atom is 0.245 e. The van der Waals surface area contributed by atoms with Gasteiger partial charge in [0, 0.05) is 40.0 Å². The molecule has 0 unspecified atom stereocenters. The number of nitrogens with two attached hydrogens (primary N) is 1. The number of para-hydroxylation sites is 1. The van der Waals surface area contributed by atoms with Gasteiger partial charge in [-0.15, -0.1) is 0 Å². The molecule has 290 valence electrons. The summed E-state index contributed by atoms with van der Waals surface area (Å²) in [5.41, 5.74) is 7.74. The van der Waals surface area contributed by atoms with Crippen molar-refractivity contribution in [3.8, 4) is 0 Å². The number of nitrogens with one attached hydrogen (secondary N) is 2. The van der Waals surface area contributed by atoms with Crippen LogP contribution < -0.4 is 16.4 Å². The molecule has 1 aromatic rings. The SMILES string of the molecule is CC[C@H](C)[C@@H]([C@@H](CC(=O)N1CCC[C@H]1[C@H](OC)[C@@H](C)C(=O)NCCc1ccccc1N)OC)N(C)C(=O)[C@@H](NC(=O)[C@H](C(C)C)N(C)C)C(C)C. The number of anilines is 1. The summed E-state index contributed by atoms with van der Waals surface area (Å²) in [5.74, 6) is -1.25. The summed E-state index contributed by atoms with van der Waals surface area (Å²) >= 11 is 0. The van der Waals surface area contributed by atoms with Crippen molar-refractivity contribution in [2.75, 3.05) is 54.2 Å². The van der Waals surface area contributed by atoms with Crippen LogP contribution >= 0.6 is 0 Å². The summed E-state index contributed by atoms with van der Waals surface area (Å²) in [7, 11) is 8.63. The molecule has 51 heavy (non-hydrogen) atoms. The van der Waals surface area contributed by atoms with E-state index in [2.05, 4.69) is 24.5 Å². The van der Waals surface area contributed by atoms with Crippen molar-refractivity contribution in [2.45, 2.75) is 117 Å². The number of nitrogens with zero attached hydrogens (tertiary/aromatic N) is 3. The molecule has 1 aliphatic rings. The highest BCUT2D eigenvalue weighted by atomic mass is 16.5. The fraction of sp³-hybridized carbons (Fsp3) is 0.744. The molecule has 1 aromatic carbocycles. The van der Waals surface area contributed by atoms with Crippen LogP contribution in [0.2, 0.25) is 0 Å². The molecule has 12 heteroatoms. The minimum absolute atomic E-state index is 0.00135. The van der Waals surface area contributed by atoms with E-state index in [1.165, 1.54) is 0 Å². The fourth-order valence-electron chi connectivity index (χ4n) is 7.65. The molecule has 0 aliphatic carbocycles. The van der Waals surface area contributed by atoms with Gasteiger partial charge in [0.05, 0.1) is 42.7 Å². The fourth-order valence-corrected chi connectivity index (χ4v) is 7.65. The Hall–Kier alpha value is -3.22. The van der Waals surface area contributed by atoms with Crippen LogP contribution in [0.15, 0.2) is 24.3 Å². The summed E-state index contributed by atoms with van der Waals surface area (Å²) in [4.78, 5) is 60.3. The van der Waals surface area contributed by atoms with Gasteiger partial charge >= 0.3 is 0 Å². The lowest BCUT2D eigenvalue weighted by atomic mass is 9.89. The molecule has 4 N–H and O–H groups in total. The molecule has 12 nitrogen and oxygen atoms in total. The molecule has 0 bridgehead atoms. The molecule has 2 rings (SSSR count). The van der Waals surface area contributed by atoms with Gasteiger partial charge in [-0.25, -0.2) is 0 Å². The van der Waals surface area contributed by atoms with Crippen LogP contribution in [0.4, 0.5) is 5.69 Å². The van der Waals surface area contributed by atoms with Crippen LogP contribution in [0, 0.1) is 23.7 Å². The Labute approximate surface area is 307 Å². The van der Waals surface area contributed by atoms with Gasteiger partial charge in [-0.1, -0.05) is 73.1 Å². The van der Waals surface area contributed by atoms with Crippen molar-refractivity contribution in [3.63, 3.8) is 0 Å². The second-order valence-corrected chi connectivity index (χ2v) is 15.2. The minimum Gasteiger partial charge on any atom is -0.399 e. The average Bonchev–Trinajstić information content (AvgIpc) is 3.56. The van der Waals surface area contributed by atoms with E-state index in [1.54, 1.807) is 26.2 Å². The first-order valence-corrected chi connectivity index (χ1v) is 18.7. The summed E-state index contributed by atoms with van der Waals surface area (Å²) in [6, 6.07) is 5.77. The van der Waals surface area contributed by atoms with E-state index < -0.39 is 30.2 Å². The van der Waals surface area contributed by atoms with Gasteiger partial charge in [0.25, 0.3) is 0 Å². The zero-order valence-electron chi connectivity index (χ0n) is 33.4. The number of nitrogen functional groups attached to an aromatic ring is 1. The van der Waals surface area contributed by atoms with E-state index in [1.807, 2.05) is 82.8 Å². The number of rotatable bonds is 20. The number of hydrogen-bond donors (Lipinski definition) is 3. The van der Waals surface area contributed by atoms with Crippen LogP contribution in [-0.4, -0.2) is 123 Å². The number of ether oxygens (including phenoxy) is 2. The first kappa shape index (κ1) is 43.9. The average molecular weight is 717 g/mol. The summed E-state index contributed by atoms with van der Waals surface area (Å²) < 4.78 is 11.9. The van der Waals surface area contributed by atoms with Gasteiger partial charge in [-0.2, -0.15) is 0 Å². The van der Waals surface area contributed by atoms with Gasteiger partial charge in [-0.3, -0.25) is 24.1 Å². The second kappa shape index (κ2) is 20.7. The summed E-state index contributed by atoms with van der Waals surface area (Å²) in [5, 5.41) is 6.06. The molecule has 1 aliphatic heterocycles. The van der Waals surface area contributed by atoms with E-state index in [-0.39, 0.29) is 59.9 Å². The highest BCUT2D eigenvalue weighted by Crippen LogP contribution is 2.29. The molecular weight excluding hydrogens is 648 g/mol. The van der Waals surface area contributed by atoms with Crippen LogP contribution in [-0.2, 0) is 35.1 Å². The molecule has 8 atom stereocenters. The lowest BCUT2D eigenvalue weighted by Crippen LogP contribution is -2.59. The van der Waals surface area contributed by atoms with Crippen LogP contribution in [0.3, 0.4) is 0 Å². The number of carbonyl (C=O) groups excluding carboxylic acids is 4. The number of benzene rings is 1. The van der Waals surface area contributed by atoms with Crippen molar-refractivity contribution in [1.29, 1.82) is 0 Å². The molecule has 0 spiro atoms. The van der Waals surface area contributed by atoms with Crippen LogP contribution in [0.25, 0.3) is 0 Å². The van der Waals surface area contributed by atoms with Gasteiger partial charge in [0.15, 0.2) is 0 Å². The third-order valence-electron chi connectivity index (χ3n) is 10.7. The lowest BCUT2D eigenvalue weighted by molar-refractivity contribution is -0.148. The van der Waals surface area contributed by atoms with E-state index >= 15 is 0 Å². The van der Waals surface area contributed by atoms with Crippen molar-refractivity contribution >= 4 is 29.3 Å². The Morgan fingerprint density at radius 2 is 1.61 bits per heavy atom. The van der Waals surface area contributed by atoms with Crippen molar-refractivity contribution in [2.24, 2.45) is 23.7 Å². The Balaban J connectivity index is 2.21. The summed E-state index contributed by atoms with van der Waals surface area (Å²) in [6.07, 6.45) is 1.85. The highest BCUT2D eigenvalue weighted by Gasteiger charge is 2.43. The number of amides is 4. The van der Waals surface area contributed by atoms with Crippen molar-refractivity contribution < 1.29 is 28.7 Å². The summed E-state index contributed by atoms with van der Waals surface area (Å²) in [6.45, 7) is 14.8. The van der Waals surface area contributed by atoms with Gasteiger partial charge < -0.3 is 35.6 Å². The predicted molar refractivity (Wildman–Crippen MR) is 203 cm³/mol. The molecule has 1 heterocycles. The molecule has 0 radical (unpaired) electrons. The lowest BCUT2D eigenvalue weighted by Gasteiger charge is -2.41. The number of likely N-dealkylation sites (N-methyl/N-ethyl adjacent to an activating group) is 2. The minimum atomic E-state index is -0.744. The molecule has 4 amide bonds. The Morgan fingerprint density at radius 3 is 2.14 bits per heavy atom. The van der Waals surface area contributed by atoms with Gasteiger partial charge in [0.2, 0.25) is 23.6 Å². The normalized spacial score (nSPS) is 19.0. The van der Waals surface area contributed by atoms with E-state index in [4.69, 9.17) is 15.2 Å². The Kier molecular flexibility index (Phi) is 17.9. The van der Waals surface area contributed by atoms with Crippen molar-refractivity contribution in [3.05, 3.63) is 29.8 Å². The molecule has 1 saturated heterocycles. The quantitative estimate of drug-likeness (QED) is 0.174. The Bertz CT molecular complexity index is 1270. The van der Waals surface area contributed by atoms with Crippen LogP contribution in [0.5, 0.6) is 0 Å². The first-order valence-electron chi connectivity index (χ1n) is 18.7. The first-order chi connectivity index (χ1) is 24.0. The standard InChI is InChI=1S/C39H68N6O6/c1-13-26(6)35(44(10)39(49)33(24(2)3)42-38(48)34(25(4)5)43(8)9)31(50-11)23-32(46)45-22-16-19-30(45)36(51-12)27(7)37(47)41-21-20-28-17-14-15-18-29(28)40/h14-15,17-18,24-27,30-31,33-36H,13,16,19-23,40H2,1-12H3,(H,41,47)(H,42,48)/t26-,27+,30-,31+,33-,34-,35-,36+/m0/s1.